The molecule has 1 nitrogen and oxygen atoms in total. The molecule has 1 fully saturated rings. The highest BCUT2D eigenvalue weighted by atomic mass is 32.2. The zero-order valence-electron chi connectivity index (χ0n) is 6.85. The van der Waals surface area contributed by atoms with E-state index >= 15 is 0 Å². The van der Waals surface area contributed by atoms with Gasteiger partial charge in [0.05, 0.1) is 0 Å². The molecule has 0 bridgehead atoms. The van der Waals surface area contributed by atoms with Crippen molar-refractivity contribution >= 4 is 18.9 Å². The molecular weight excluding hydrogens is 160 g/mol. The summed E-state index contributed by atoms with van der Waals surface area (Å²) in [6, 6.07) is 2.67. The van der Waals surface area contributed by atoms with Crippen molar-refractivity contribution in [3.8, 4) is 0 Å². The van der Waals surface area contributed by atoms with Crippen LogP contribution in [0.2, 0.25) is 25.2 Å². The fraction of sp³-hybridized carbons (Fsp3) is 1.00. The molecule has 0 amide bonds. The average molecular weight is 176 g/mol. The van der Waals surface area contributed by atoms with Crippen LogP contribution in [0.5, 0.6) is 0 Å². The third kappa shape index (κ3) is 2.54. The van der Waals surface area contributed by atoms with Crippen LogP contribution >= 0.6 is 0 Å². The number of rotatable bonds is 0. The molecule has 1 aliphatic heterocycles. The van der Waals surface area contributed by atoms with Gasteiger partial charge in [-0.25, -0.2) is 0 Å². The Hall–Kier alpha value is 0.367. The van der Waals surface area contributed by atoms with Crippen LogP contribution in [0, 0.1) is 0 Å². The summed E-state index contributed by atoms with van der Waals surface area (Å²) < 4.78 is 11.1. The van der Waals surface area contributed by atoms with Crippen LogP contribution in [0.25, 0.3) is 0 Å². The monoisotopic (exact) mass is 176 g/mol. The van der Waals surface area contributed by atoms with Crippen LogP contribution in [0.4, 0.5) is 0 Å². The zero-order chi connectivity index (χ0) is 7.61. The Morgan fingerprint density at radius 1 is 1.20 bits per heavy atom. The highest BCUT2D eigenvalue weighted by molar-refractivity contribution is 7.85. The Morgan fingerprint density at radius 2 is 1.90 bits per heavy atom. The summed E-state index contributed by atoms with van der Waals surface area (Å²) in [5.74, 6) is 1.95. The molecule has 1 aliphatic rings. The molecule has 1 heterocycles. The Morgan fingerprint density at radius 3 is 2.60 bits per heavy atom. The molecule has 60 valence electrons. The maximum Gasteiger partial charge on any atom is 0.0483 e. The minimum absolute atomic E-state index is 0.469. The Kier molecular flexibility index (Phi) is 2.69. The Balaban J connectivity index is 2.48. The van der Waals surface area contributed by atoms with E-state index in [9.17, 15) is 4.21 Å². The highest BCUT2D eigenvalue weighted by Crippen LogP contribution is 2.21. The van der Waals surface area contributed by atoms with Crippen molar-refractivity contribution in [1.29, 1.82) is 0 Å². The van der Waals surface area contributed by atoms with Gasteiger partial charge < -0.3 is 0 Å². The van der Waals surface area contributed by atoms with Crippen molar-refractivity contribution in [3.05, 3.63) is 0 Å². The van der Waals surface area contributed by atoms with E-state index in [0.29, 0.717) is 0 Å². The van der Waals surface area contributed by atoms with Crippen molar-refractivity contribution in [3.63, 3.8) is 0 Å². The van der Waals surface area contributed by atoms with Gasteiger partial charge >= 0.3 is 0 Å². The quantitative estimate of drug-likeness (QED) is 0.515. The van der Waals surface area contributed by atoms with Crippen LogP contribution in [0.15, 0.2) is 0 Å². The molecule has 1 atom stereocenters. The third-order valence-electron chi connectivity index (χ3n) is 2.23. The second-order valence-corrected chi connectivity index (χ2v) is 10.9. The van der Waals surface area contributed by atoms with Crippen LogP contribution in [-0.4, -0.2) is 23.8 Å². The van der Waals surface area contributed by atoms with Crippen LogP contribution in [-0.2, 0) is 10.8 Å². The lowest BCUT2D eigenvalue weighted by atomic mass is 10.6. The standard InChI is InChI=1S/C7H16OSSi/c1-10(2)6-3-4-9(8)5-7-10/h3-7H2,1-2H3. The largest absolute Gasteiger partial charge is 0.260 e. The zero-order valence-corrected chi connectivity index (χ0v) is 8.67. The topological polar surface area (TPSA) is 17.1 Å². The Labute approximate surface area is 66.7 Å². The van der Waals surface area contributed by atoms with Gasteiger partial charge in [-0.3, -0.25) is 4.21 Å². The molecular formula is C7H16OSSi. The molecule has 10 heavy (non-hydrogen) atoms. The number of hydrogen-bond donors (Lipinski definition) is 0. The normalized spacial score (nSPS) is 33.2. The lowest BCUT2D eigenvalue weighted by Crippen LogP contribution is -2.24. The summed E-state index contributed by atoms with van der Waals surface area (Å²) in [6.07, 6.45) is 1.21. The molecule has 0 N–H and O–H groups in total. The van der Waals surface area contributed by atoms with E-state index in [-0.39, 0.29) is 0 Å². The van der Waals surface area contributed by atoms with Crippen molar-refractivity contribution in [2.75, 3.05) is 11.5 Å². The van der Waals surface area contributed by atoms with Gasteiger partial charge in [-0.2, -0.15) is 0 Å². The lowest BCUT2D eigenvalue weighted by molar-refractivity contribution is 0.683. The van der Waals surface area contributed by atoms with E-state index in [2.05, 4.69) is 13.1 Å². The van der Waals surface area contributed by atoms with E-state index in [1.54, 1.807) is 0 Å². The van der Waals surface area contributed by atoms with Gasteiger partial charge in [0.15, 0.2) is 0 Å². The van der Waals surface area contributed by atoms with Gasteiger partial charge in [0.25, 0.3) is 0 Å². The molecule has 0 aromatic heterocycles. The predicted octanol–water partition coefficient (Wildman–Crippen LogP) is 1.85. The first-order valence-electron chi connectivity index (χ1n) is 3.95. The summed E-state index contributed by atoms with van der Waals surface area (Å²) in [5, 5.41) is 0. The smallest absolute Gasteiger partial charge is 0.0483 e. The van der Waals surface area contributed by atoms with Crippen LogP contribution in [0.1, 0.15) is 6.42 Å². The minimum Gasteiger partial charge on any atom is -0.260 e. The second-order valence-electron chi connectivity index (χ2n) is 3.87. The van der Waals surface area contributed by atoms with Crippen molar-refractivity contribution in [2.45, 2.75) is 31.6 Å². The molecule has 0 spiro atoms. The second kappa shape index (κ2) is 3.18. The molecule has 0 saturated carbocycles. The first-order valence-corrected chi connectivity index (χ1v) is 8.85. The first kappa shape index (κ1) is 8.46. The van der Waals surface area contributed by atoms with Crippen LogP contribution < -0.4 is 0 Å². The average Bonchev–Trinajstić information content (AvgIpc) is 1.94. The minimum atomic E-state index is -0.876. The van der Waals surface area contributed by atoms with Crippen molar-refractivity contribution in [2.24, 2.45) is 0 Å². The summed E-state index contributed by atoms with van der Waals surface area (Å²) in [6.45, 7) is 4.82. The fourth-order valence-corrected chi connectivity index (χ4v) is 6.76. The molecule has 3 heteroatoms. The lowest BCUT2D eigenvalue weighted by Gasteiger charge is -2.17. The van der Waals surface area contributed by atoms with Crippen molar-refractivity contribution < 1.29 is 4.21 Å². The summed E-state index contributed by atoms with van der Waals surface area (Å²) in [7, 11) is -1.35. The molecule has 1 rings (SSSR count). The van der Waals surface area contributed by atoms with E-state index in [4.69, 9.17) is 0 Å². The summed E-state index contributed by atoms with van der Waals surface area (Å²) in [5.41, 5.74) is 0. The first-order chi connectivity index (χ1) is 4.60. The van der Waals surface area contributed by atoms with Gasteiger partial charge in [0.1, 0.15) is 0 Å². The highest BCUT2D eigenvalue weighted by Gasteiger charge is 2.23. The van der Waals surface area contributed by atoms with E-state index in [1.807, 2.05) is 0 Å². The summed E-state index contributed by atoms with van der Waals surface area (Å²) >= 11 is 0. The van der Waals surface area contributed by atoms with E-state index in [1.165, 1.54) is 18.5 Å². The molecule has 0 aliphatic carbocycles. The predicted molar refractivity (Wildman–Crippen MR) is 49.6 cm³/mol. The van der Waals surface area contributed by atoms with Crippen molar-refractivity contribution in [1.82, 2.24) is 0 Å². The van der Waals surface area contributed by atoms with Gasteiger partial charge in [-0.15, -0.1) is 0 Å². The van der Waals surface area contributed by atoms with Gasteiger partial charge in [0, 0.05) is 30.4 Å². The third-order valence-corrected chi connectivity index (χ3v) is 7.31. The Bertz CT molecular complexity index is 145. The van der Waals surface area contributed by atoms with Gasteiger partial charge in [-0.1, -0.05) is 19.1 Å². The molecule has 0 radical (unpaired) electrons. The maximum atomic E-state index is 11.1. The van der Waals surface area contributed by atoms with Gasteiger partial charge in [0.2, 0.25) is 0 Å². The molecule has 1 saturated heterocycles. The van der Waals surface area contributed by atoms with E-state index < -0.39 is 18.9 Å². The summed E-state index contributed by atoms with van der Waals surface area (Å²) in [4.78, 5) is 0. The molecule has 1 unspecified atom stereocenters. The van der Waals surface area contributed by atoms with Crippen LogP contribution in [0.3, 0.4) is 0 Å². The molecule has 0 aromatic carbocycles. The number of hydrogen-bond acceptors (Lipinski definition) is 1. The molecule has 0 aromatic rings. The fourth-order valence-electron chi connectivity index (χ4n) is 1.33. The maximum absolute atomic E-state index is 11.1. The van der Waals surface area contributed by atoms with Gasteiger partial charge in [-0.05, 0) is 12.5 Å². The SMILES string of the molecule is C[Si]1(C)CCCS(=O)CC1. The van der Waals surface area contributed by atoms with E-state index in [0.717, 1.165) is 11.5 Å².